The quantitative estimate of drug-likeness (QED) is 0.109. The molecule has 0 aliphatic heterocycles. The first-order chi connectivity index (χ1) is 26.9. The van der Waals surface area contributed by atoms with E-state index in [0.29, 0.717) is 34.0 Å². The highest BCUT2D eigenvalue weighted by Gasteiger charge is 2.27. The lowest BCUT2D eigenvalue weighted by Gasteiger charge is -2.10. The van der Waals surface area contributed by atoms with Crippen molar-refractivity contribution in [2.45, 2.75) is 53.8 Å². The van der Waals surface area contributed by atoms with Crippen LogP contribution in [0, 0.1) is 49.2 Å². The van der Waals surface area contributed by atoms with E-state index in [1.807, 2.05) is 0 Å². The molecular formula is C41H41F2N9O7. The summed E-state index contributed by atoms with van der Waals surface area (Å²) in [6.07, 6.45) is 0. The molecule has 4 aromatic heterocycles. The van der Waals surface area contributed by atoms with E-state index in [-0.39, 0.29) is 60.7 Å². The van der Waals surface area contributed by atoms with Crippen LogP contribution >= 0.6 is 0 Å². The highest BCUT2D eigenvalue weighted by Crippen LogP contribution is 2.27. The van der Waals surface area contributed by atoms with Crippen LogP contribution in [0.15, 0.2) is 69.7 Å². The predicted octanol–water partition coefficient (Wildman–Crippen LogP) is 5.00. The molecule has 0 unspecified atom stereocenters. The minimum Gasteiger partial charge on any atom is -0.464 e. The Hall–Kier alpha value is -7.54. The lowest BCUT2D eigenvalue weighted by atomic mass is 10.0. The number of pyridine rings is 2. The molecule has 1 amide bonds. The maximum Gasteiger partial charge on any atom is 0.358 e. The van der Waals surface area contributed by atoms with Gasteiger partial charge in [-0.2, -0.15) is 9.97 Å². The van der Waals surface area contributed by atoms with E-state index in [2.05, 4.69) is 58.7 Å². The summed E-state index contributed by atoms with van der Waals surface area (Å²) in [4.78, 5) is 39.1. The van der Waals surface area contributed by atoms with Gasteiger partial charge in [0.25, 0.3) is 5.91 Å². The van der Waals surface area contributed by atoms with Gasteiger partial charge in [-0.1, -0.05) is 73.1 Å². The number of methoxy groups -OCH3 is 1. The molecule has 0 saturated carbocycles. The van der Waals surface area contributed by atoms with Gasteiger partial charge in [-0.15, -0.1) is 0 Å². The predicted molar refractivity (Wildman–Crippen MR) is 212 cm³/mol. The number of esters is 1. The van der Waals surface area contributed by atoms with E-state index in [4.69, 9.17) is 26.2 Å². The van der Waals surface area contributed by atoms with Crippen molar-refractivity contribution in [1.29, 1.82) is 0 Å². The second kappa shape index (κ2) is 18.6. The monoisotopic (exact) mass is 809 g/mol. The van der Waals surface area contributed by atoms with Gasteiger partial charge in [-0.05, 0) is 38.1 Å². The number of carbonyl (C=O) groups is 2. The minimum atomic E-state index is -1.64. The van der Waals surface area contributed by atoms with Crippen LogP contribution in [0.5, 0.6) is 0 Å². The van der Waals surface area contributed by atoms with Crippen molar-refractivity contribution in [3.05, 3.63) is 118 Å². The third-order valence-electron chi connectivity index (χ3n) is 7.72. The van der Waals surface area contributed by atoms with Gasteiger partial charge in [-0.3, -0.25) is 4.79 Å². The molecule has 0 bridgehead atoms. The molecule has 18 heteroatoms. The van der Waals surface area contributed by atoms with E-state index in [0.717, 1.165) is 12.1 Å². The van der Waals surface area contributed by atoms with Gasteiger partial charge in [0.1, 0.15) is 11.4 Å². The molecule has 0 saturated heterocycles. The molecule has 0 aliphatic carbocycles. The first kappa shape index (κ1) is 45.8. The second-order valence-corrected chi connectivity index (χ2v) is 12.4. The average Bonchev–Trinajstić information content (AvgIpc) is 3.82. The highest BCUT2D eigenvalue weighted by molar-refractivity contribution is 5.96. The number of anilines is 2. The van der Waals surface area contributed by atoms with Gasteiger partial charge in [0.05, 0.1) is 18.5 Å². The number of nitrogen functional groups attached to an aromatic ring is 2. The Balaban J connectivity index is 0.000000305. The maximum absolute atomic E-state index is 14.4. The normalized spacial score (nSPS) is 12.2. The van der Waals surface area contributed by atoms with Crippen LogP contribution in [0.2, 0.25) is 0 Å². The van der Waals surface area contributed by atoms with E-state index >= 15 is 0 Å². The zero-order chi connectivity index (χ0) is 41.7. The summed E-state index contributed by atoms with van der Waals surface area (Å²) in [6.45, 7) is 6.05. The molecular weight excluding hydrogens is 769 g/mol. The van der Waals surface area contributed by atoms with E-state index in [1.54, 1.807) is 62.4 Å². The van der Waals surface area contributed by atoms with Crippen LogP contribution in [-0.2, 0) is 15.9 Å². The summed E-state index contributed by atoms with van der Waals surface area (Å²) in [6, 6.07) is 14.9. The topological polar surface area (TPSA) is 266 Å². The average molecular weight is 810 g/mol. The van der Waals surface area contributed by atoms with Crippen LogP contribution in [0.25, 0.3) is 22.5 Å². The smallest absolute Gasteiger partial charge is 0.358 e. The van der Waals surface area contributed by atoms with Crippen molar-refractivity contribution in [3.8, 4) is 46.2 Å². The zero-order valence-corrected chi connectivity index (χ0v) is 30.9. The first-order valence-corrected chi connectivity index (χ1v) is 16.5. The second-order valence-electron chi connectivity index (χ2n) is 12.4. The molecule has 0 aliphatic rings. The third-order valence-corrected chi connectivity index (χ3v) is 7.72. The molecule has 8 N–H and O–H groups in total. The Bertz CT molecular complexity index is 2630. The van der Waals surface area contributed by atoms with Crippen LogP contribution in [-0.4, -0.2) is 59.4 Å². The summed E-state index contributed by atoms with van der Waals surface area (Å²) in [5.74, 6) is 8.52. The molecule has 306 valence electrons. The third kappa shape index (κ3) is 10.9. The van der Waals surface area contributed by atoms with Gasteiger partial charge in [0, 0.05) is 48.2 Å². The maximum atomic E-state index is 14.4. The van der Waals surface area contributed by atoms with Crippen molar-refractivity contribution in [2.24, 2.45) is 5.73 Å². The van der Waals surface area contributed by atoms with Crippen LogP contribution in [0.3, 0.4) is 0 Å². The standard InChI is InChI=1S/C20H17FN4O4.C19H16FN5O3.2CH4/c1-11-23-19(25-29-11)20(2,27)8-7-12-5-4-6-13(9-12)16-14(21)10-15(22)17(24-16)18(26)28-3;1-10-23-18(25-28-10)19(2,27)7-6-11-4-3-5-12(8-11)15-13(20)9-14(21)16(24-15)17(22)26;;/h4-6,9-10,27H,22H2,1-3H3;3-5,8-9,27H,21H2,1-2H3,(H2,22,26);2*1H4/t20-;19-;;/m11../s1. The number of aryl methyl sites for hydroxylation is 2. The number of aromatic nitrogens is 6. The molecule has 0 spiro atoms. The van der Waals surface area contributed by atoms with Crippen molar-refractivity contribution >= 4 is 23.3 Å². The van der Waals surface area contributed by atoms with Crippen LogP contribution in [0.1, 0.15) is 84.2 Å². The number of primary amides is 1. The molecule has 16 nitrogen and oxygen atoms in total. The molecule has 59 heavy (non-hydrogen) atoms. The number of benzene rings is 2. The largest absolute Gasteiger partial charge is 0.464 e. The minimum absolute atomic E-state index is 0. The number of aliphatic hydroxyl groups is 2. The number of rotatable bonds is 6. The lowest BCUT2D eigenvalue weighted by molar-refractivity contribution is 0.0595. The number of hydrogen-bond acceptors (Lipinski definition) is 15. The summed E-state index contributed by atoms with van der Waals surface area (Å²) in [7, 11) is 1.18. The number of carbonyl (C=O) groups excluding carboxylic acids is 2. The van der Waals surface area contributed by atoms with Gasteiger partial charge < -0.3 is 41.2 Å². The number of amides is 1. The molecule has 6 aromatic rings. The fourth-order valence-electron chi connectivity index (χ4n) is 4.85. The highest BCUT2D eigenvalue weighted by atomic mass is 19.1. The molecule has 2 atom stereocenters. The number of nitrogens with zero attached hydrogens (tertiary/aromatic N) is 6. The Morgan fingerprint density at radius 2 is 1.12 bits per heavy atom. The Morgan fingerprint density at radius 3 is 1.49 bits per heavy atom. The summed E-state index contributed by atoms with van der Waals surface area (Å²) in [5, 5.41) is 28.2. The van der Waals surface area contributed by atoms with Crippen LogP contribution in [0.4, 0.5) is 20.2 Å². The van der Waals surface area contributed by atoms with Crippen LogP contribution < -0.4 is 17.2 Å². The van der Waals surface area contributed by atoms with Crippen molar-refractivity contribution in [2.75, 3.05) is 18.6 Å². The summed E-state index contributed by atoms with van der Waals surface area (Å²) in [5.41, 5.74) is 14.0. The summed E-state index contributed by atoms with van der Waals surface area (Å²) >= 11 is 0. The van der Waals surface area contributed by atoms with E-state index < -0.39 is 34.7 Å². The molecule has 4 heterocycles. The molecule has 6 rings (SSSR count). The number of nitrogens with two attached hydrogens (primary N) is 3. The fourth-order valence-corrected chi connectivity index (χ4v) is 4.85. The van der Waals surface area contributed by atoms with Crippen molar-refractivity contribution < 1.29 is 42.4 Å². The zero-order valence-electron chi connectivity index (χ0n) is 30.9. The molecule has 0 fully saturated rings. The Morgan fingerprint density at radius 1 is 0.712 bits per heavy atom. The Kier molecular flexibility index (Phi) is 14.5. The van der Waals surface area contributed by atoms with E-state index in [1.165, 1.54) is 21.0 Å². The van der Waals surface area contributed by atoms with Crippen molar-refractivity contribution in [3.63, 3.8) is 0 Å². The number of hydrogen-bond donors (Lipinski definition) is 5. The molecule has 2 aromatic carbocycles. The number of ether oxygens (including phenoxy) is 1. The van der Waals surface area contributed by atoms with Crippen molar-refractivity contribution in [1.82, 2.24) is 30.2 Å². The van der Waals surface area contributed by atoms with E-state index in [9.17, 15) is 28.6 Å². The van der Waals surface area contributed by atoms with Gasteiger partial charge in [-0.25, -0.2) is 23.5 Å². The molecule has 0 radical (unpaired) electrons. The summed E-state index contributed by atoms with van der Waals surface area (Å²) < 4.78 is 43.0. The van der Waals surface area contributed by atoms with Gasteiger partial charge in [0.2, 0.25) is 23.4 Å². The SMILES string of the molecule is C.C.COC(=O)c1nc(-c2cccc(C#C[C@@](C)(O)c3noc(C)n3)c2)c(F)cc1N.Cc1nc([C@](C)(O)C#Cc2cccc(-c3nc(C(N)=O)c(N)cc3F)c2)no1. The lowest BCUT2D eigenvalue weighted by Crippen LogP contribution is -2.20. The number of halogens is 2. The fraction of sp³-hybridized carbons (Fsp3) is 0.220. The Labute approximate surface area is 337 Å². The first-order valence-electron chi connectivity index (χ1n) is 16.5. The van der Waals surface area contributed by atoms with Gasteiger partial charge in [0.15, 0.2) is 34.2 Å². The van der Waals surface area contributed by atoms with Gasteiger partial charge >= 0.3 is 5.97 Å².